The maximum atomic E-state index is 3.73. The number of para-hydroxylation sites is 2. The summed E-state index contributed by atoms with van der Waals surface area (Å²) in [5, 5.41) is 3.73. The van der Waals surface area contributed by atoms with Crippen molar-refractivity contribution in [3.8, 4) is 0 Å². The third-order valence-corrected chi connectivity index (χ3v) is 4.43. The van der Waals surface area contributed by atoms with Gasteiger partial charge in [0, 0.05) is 39.3 Å². The minimum Gasteiger partial charge on any atom is -0.376 e. The van der Waals surface area contributed by atoms with Gasteiger partial charge in [0.05, 0.1) is 11.4 Å². The molecule has 0 aromatic heterocycles. The highest BCUT2D eigenvalue weighted by Gasteiger charge is 2.32. The van der Waals surface area contributed by atoms with Crippen LogP contribution in [0.4, 0.5) is 11.4 Å². The smallest absolute Gasteiger partial charge is 0.0604 e. The Bertz CT molecular complexity index is 410. The topological polar surface area (TPSA) is 18.5 Å². The van der Waals surface area contributed by atoms with Gasteiger partial charge in [0.25, 0.3) is 0 Å². The van der Waals surface area contributed by atoms with Crippen LogP contribution in [0.25, 0.3) is 0 Å². The summed E-state index contributed by atoms with van der Waals surface area (Å²) in [5.41, 5.74) is 2.95. The molecule has 3 heteroatoms. The average Bonchev–Trinajstić information content (AvgIpc) is 2.47. The van der Waals surface area contributed by atoms with Gasteiger partial charge in [0.2, 0.25) is 0 Å². The van der Waals surface area contributed by atoms with Crippen molar-refractivity contribution < 1.29 is 0 Å². The lowest BCUT2D eigenvalue weighted by molar-refractivity contribution is 0.277. The Hall–Kier alpha value is -1.22. The zero-order chi connectivity index (χ0) is 13.9. The molecule has 1 aliphatic heterocycles. The highest BCUT2D eigenvalue weighted by molar-refractivity contribution is 5.71. The summed E-state index contributed by atoms with van der Waals surface area (Å²) in [4.78, 5) is 4.75. The molecule has 1 heterocycles. The fourth-order valence-corrected chi connectivity index (χ4v) is 3.00. The monoisotopic (exact) mass is 261 g/mol. The van der Waals surface area contributed by atoms with Gasteiger partial charge < -0.3 is 15.1 Å². The second-order valence-electron chi connectivity index (χ2n) is 5.72. The number of hydrogen-bond donors (Lipinski definition) is 1. The Morgan fingerprint density at radius 1 is 1.21 bits per heavy atom. The SMILES string of the molecule is CCC1(CC)CN(c2ccccc2N(C)C)CCN1. The molecule has 0 radical (unpaired) electrons. The van der Waals surface area contributed by atoms with Crippen LogP contribution < -0.4 is 15.1 Å². The molecule has 106 valence electrons. The first kappa shape index (κ1) is 14.2. The molecule has 1 aromatic rings. The Morgan fingerprint density at radius 3 is 2.53 bits per heavy atom. The van der Waals surface area contributed by atoms with E-state index in [1.54, 1.807) is 0 Å². The number of hydrogen-bond acceptors (Lipinski definition) is 3. The van der Waals surface area contributed by atoms with E-state index in [9.17, 15) is 0 Å². The van der Waals surface area contributed by atoms with Crippen molar-refractivity contribution in [2.24, 2.45) is 0 Å². The summed E-state index contributed by atoms with van der Waals surface area (Å²) < 4.78 is 0. The summed E-state index contributed by atoms with van der Waals surface area (Å²) in [6, 6.07) is 8.71. The Kier molecular flexibility index (Phi) is 4.35. The number of nitrogens with one attached hydrogen (secondary N) is 1. The molecule has 1 N–H and O–H groups in total. The van der Waals surface area contributed by atoms with Crippen LogP contribution in [0, 0.1) is 0 Å². The van der Waals surface area contributed by atoms with Crippen molar-refractivity contribution in [1.82, 2.24) is 5.32 Å². The fraction of sp³-hybridized carbons (Fsp3) is 0.625. The van der Waals surface area contributed by atoms with E-state index in [-0.39, 0.29) is 5.54 Å². The van der Waals surface area contributed by atoms with Crippen molar-refractivity contribution >= 4 is 11.4 Å². The summed E-state index contributed by atoms with van der Waals surface area (Å²) >= 11 is 0. The first-order valence-corrected chi connectivity index (χ1v) is 7.38. The van der Waals surface area contributed by atoms with Gasteiger partial charge in [-0.15, -0.1) is 0 Å². The molecule has 1 aliphatic rings. The standard InChI is InChI=1S/C16H27N3/c1-5-16(6-2)13-19(12-11-17-16)15-10-8-7-9-14(15)18(3)4/h7-10,17H,5-6,11-13H2,1-4H3. The van der Waals surface area contributed by atoms with Crippen LogP contribution in [0.1, 0.15) is 26.7 Å². The predicted octanol–water partition coefficient (Wildman–Crippen LogP) is 2.72. The maximum Gasteiger partial charge on any atom is 0.0604 e. The van der Waals surface area contributed by atoms with Crippen molar-refractivity contribution in [2.45, 2.75) is 32.2 Å². The third kappa shape index (κ3) is 2.86. The van der Waals surface area contributed by atoms with Crippen LogP contribution in [0.3, 0.4) is 0 Å². The average molecular weight is 261 g/mol. The molecule has 0 aliphatic carbocycles. The molecule has 0 bridgehead atoms. The normalized spacial score (nSPS) is 18.4. The molecule has 0 amide bonds. The zero-order valence-corrected chi connectivity index (χ0v) is 12.7. The van der Waals surface area contributed by atoms with Gasteiger partial charge in [-0.3, -0.25) is 0 Å². The lowest BCUT2D eigenvalue weighted by Gasteiger charge is -2.45. The Balaban J connectivity index is 2.27. The first-order valence-electron chi connectivity index (χ1n) is 7.38. The minimum atomic E-state index is 0.275. The number of piperazine rings is 1. The van der Waals surface area contributed by atoms with Crippen molar-refractivity contribution in [2.75, 3.05) is 43.5 Å². The fourth-order valence-electron chi connectivity index (χ4n) is 3.00. The third-order valence-electron chi connectivity index (χ3n) is 4.43. The molecule has 0 unspecified atom stereocenters. The quantitative estimate of drug-likeness (QED) is 0.899. The summed E-state index contributed by atoms with van der Waals surface area (Å²) in [6.07, 6.45) is 2.37. The molecule has 19 heavy (non-hydrogen) atoms. The Labute approximate surface area is 117 Å². The number of benzene rings is 1. The van der Waals surface area contributed by atoms with Crippen molar-refractivity contribution in [3.05, 3.63) is 24.3 Å². The second-order valence-corrected chi connectivity index (χ2v) is 5.72. The molecular formula is C16H27N3. The maximum absolute atomic E-state index is 3.73. The molecule has 0 atom stereocenters. The number of nitrogens with zero attached hydrogens (tertiary/aromatic N) is 2. The lowest BCUT2D eigenvalue weighted by atomic mass is 9.90. The van der Waals surface area contributed by atoms with E-state index in [1.807, 2.05) is 0 Å². The summed E-state index contributed by atoms with van der Waals surface area (Å²) in [7, 11) is 4.24. The van der Waals surface area contributed by atoms with Gasteiger partial charge in [0.15, 0.2) is 0 Å². The lowest BCUT2D eigenvalue weighted by Crippen LogP contribution is -2.60. The summed E-state index contributed by atoms with van der Waals surface area (Å²) in [5.74, 6) is 0. The van der Waals surface area contributed by atoms with E-state index in [4.69, 9.17) is 0 Å². The van der Waals surface area contributed by atoms with Gasteiger partial charge in [-0.1, -0.05) is 26.0 Å². The predicted molar refractivity (Wildman–Crippen MR) is 84.3 cm³/mol. The van der Waals surface area contributed by atoms with E-state index in [0.29, 0.717) is 0 Å². The van der Waals surface area contributed by atoms with Gasteiger partial charge in [0.1, 0.15) is 0 Å². The van der Waals surface area contributed by atoms with Crippen LogP contribution in [-0.2, 0) is 0 Å². The molecule has 1 fully saturated rings. The van der Waals surface area contributed by atoms with E-state index in [0.717, 1.165) is 19.6 Å². The molecule has 0 spiro atoms. The van der Waals surface area contributed by atoms with Crippen LogP contribution in [0.2, 0.25) is 0 Å². The summed E-state index contributed by atoms with van der Waals surface area (Å²) in [6.45, 7) is 7.84. The van der Waals surface area contributed by atoms with Gasteiger partial charge in [-0.05, 0) is 25.0 Å². The molecule has 1 saturated heterocycles. The molecule has 0 saturated carbocycles. The van der Waals surface area contributed by atoms with Crippen LogP contribution >= 0.6 is 0 Å². The molecule has 3 nitrogen and oxygen atoms in total. The molecule has 2 rings (SSSR count). The van der Waals surface area contributed by atoms with E-state index in [1.165, 1.54) is 24.2 Å². The highest BCUT2D eigenvalue weighted by atomic mass is 15.2. The zero-order valence-electron chi connectivity index (χ0n) is 12.7. The van der Waals surface area contributed by atoms with Crippen molar-refractivity contribution in [1.29, 1.82) is 0 Å². The van der Waals surface area contributed by atoms with Gasteiger partial charge in [-0.2, -0.15) is 0 Å². The second kappa shape index (κ2) is 5.83. The van der Waals surface area contributed by atoms with Crippen LogP contribution in [0.5, 0.6) is 0 Å². The minimum absolute atomic E-state index is 0.275. The number of rotatable bonds is 4. The van der Waals surface area contributed by atoms with Gasteiger partial charge in [-0.25, -0.2) is 0 Å². The van der Waals surface area contributed by atoms with Gasteiger partial charge >= 0.3 is 0 Å². The largest absolute Gasteiger partial charge is 0.376 e. The first-order chi connectivity index (χ1) is 9.12. The van der Waals surface area contributed by atoms with Crippen molar-refractivity contribution in [3.63, 3.8) is 0 Å². The highest BCUT2D eigenvalue weighted by Crippen LogP contribution is 2.31. The van der Waals surface area contributed by atoms with E-state index >= 15 is 0 Å². The van der Waals surface area contributed by atoms with Crippen LogP contribution in [0.15, 0.2) is 24.3 Å². The van der Waals surface area contributed by atoms with Crippen LogP contribution in [-0.4, -0.2) is 39.3 Å². The van der Waals surface area contributed by atoms with E-state index < -0.39 is 0 Å². The molecular weight excluding hydrogens is 234 g/mol. The Morgan fingerprint density at radius 2 is 1.89 bits per heavy atom. The van der Waals surface area contributed by atoms with E-state index in [2.05, 4.69) is 67.3 Å². The molecule has 1 aromatic carbocycles. The number of anilines is 2.